The highest BCUT2D eigenvalue weighted by atomic mass is 35.5. The standard InChI is InChI=1S/C21H23ClFN7O/c1-12-5-15(23)7-17(6-12)31-21-26-20(28-29(21)2)25-19-13-3-4-14(19)11-30(10-13)16-8-18(22)27-24-9-16/h5-9,13-14,19H,3-4,10-11H2,1-2H3,(H,25,28)/t13-,14+,19?. The Morgan fingerprint density at radius 1 is 1.16 bits per heavy atom. The molecule has 162 valence electrons. The van der Waals surface area contributed by atoms with Crippen molar-refractivity contribution in [3.05, 3.63) is 47.0 Å². The molecule has 5 rings (SSSR count). The first-order valence-corrected chi connectivity index (χ1v) is 10.7. The van der Waals surface area contributed by atoms with Crippen molar-refractivity contribution < 1.29 is 9.13 Å². The molecule has 1 aliphatic carbocycles. The van der Waals surface area contributed by atoms with E-state index in [9.17, 15) is 4.39 Å². The fourth-order valence-corrected chi connectivity index (χ4v) is 4.87. The van der Waals surface area contributed by atoms with Crippen LogP contribution in [0.3, 0.4) is 0 Å². The predicted octanol–water partition coefficient (Wildman–Crippen LogP) is 3.83. The fourth-order valence-electron chi connectivity index (χ4n) is 4.71. The van der Waals surface area contributed by atoms with Crippen LogP contribution in [0.1, 0.15) is 18.4 Å². The topological polar surface area (TPSA) is 81.0 Å². The van der Waals surface area contributed by atoms with Gasteiger partial charge in [-0.2, -0.15) is 10.1 Å². The molecule has 2 aromatic heterocycles. The molecular weight excluding hydrogens is 421 g/mol. The SMILES string of the molecule is Cc1cc(F)cc(Oc2nc(NC3[C@@H]4CC[C@H]3CN(c3cnnc(Cl)c3)C4)nn2C)c1. The van der Waals surface area contributed by atoms with Gasteiger partial charge in [-0.05, 0) is 49.3 Å². The van der Waals surface area contributed by atoms with Crippen molar-refractivity contribution >= 4 is 23.2 Å². The van der Waals surface area contributed by atoms with Crippen LogP contribution in [0.15, 0.2) is 30.5 Å². The average Bonchev–Trinajstić information content (AvgIpc) is 3.15. The monoisotopic (exact) mass is 443 g/mol. The highest BCUT2D eigenvalue weighted by molar-refractivity contribution is 6.29. The fraction of sp³-hybridized carbons (Fsp3) is 0.429. The smallest absolute Gasteiger partial charge is 0.321 e. The Morgan fingerprint density at radius 2 is 1.94 bits per heavy atom. The van der Waals surface area contributed by atoms with Crippen LogP contribution in [0.5, 0.6) is 11.8 Å². The van der Waals surface area contributed by atoms with Gasteiger partial charge in [0.1, 0.15) is 11.6 Å². The van der Waals surface area contributed by atoms with E-state index in [1.165, 1.54) is 12.1 Å². The third-order valence-corrected chi connectivity index (χ3v) is 6.24. The van der Waals surface area contributed by atoms with Gasteiger partial charge in [-0.15, -0.1) is 10.2 Å². The minimum Gasteiger partial charge on any atom is -0.424 e. The molecule has 3 heterocycles. The molecule has 0 spiro atoms. The van der Waals surface area contributed by atoms with Crippen LogP contribution in [-0.2, 0) is 7.05 Å². The zero-order chi connectivity index (χ0) is 21.5. The average molecular weight is 444 g/mol. The molecule has 0 amide bonds. The first-order chi connectivity index (χ1) is 14.9. The Kier molecular flexibility index (Phi) is 5.13. The van der Waals surface area contributed by atoms with Gasteiger partial charge in [-0.1, -0.05) is 11.6 Å². The molecule has 2 bridgehead atoms. The van der Waals surface area contributed by atoms with Gasteiger partial charge in [0.25, 0.3) is 0 Å². The third kappa shape index (κ3) is 4.14. The maximum absolute atomic E-state index is 13.7. The quantitative estimate of drug-likeness (QED) is 0.641. The molecule has 2 aliphatic rings. The molecule has 10 heteroatoms. The summed E-state index contributed by atoms with van der Waals surface area (Å²) >= 11 is 6.02. The molecule has 1 aromatic carbocycles. The normalized spacial score (nSPS) is 22.6. The lowest BCUT2D eigenvalue weighted by molar-refractivity contribution is 0.376. The van der Waals surface area contributed by atoms with E-state index >= 15 is 0 Å². The van der Waals surface area contributed by atoms with Gasteiger partial charge < -0.3 is 15.0 Å². The van der Waals surface area contributed by atoms with Crippen LogP contribution in [0.2, 0.25) is 5.15 Å². The number of ether oxygens (including phenoxy) is 1. The van der Waals surface area contributed by atoms with Gasteiger partial charge in [0, 0.05) is 38.3 Å². The summed E-state index contributed by atoms with van der Waals surface area (Å²) in [4.78, 5) is 6.82. The largest absolute Gasteiger partial charge is 0.424 e. The predicted molar refractivity (Wildman–Crippen MR) is 115 cm³/mol. The van der Waals surface area contributed by atoms with E-state index in [-0.39, 0.29) is 11.9 Å². The van der Waals surface area contributed by atoms with E-state index < -0.39 is 0 Å². The van der Waals surface area contributed by atoms with Gasteiger partial charge in [0.05, 0.1) is 11.9 Å². The van der Waals surface area contributed by atoms with Crippen molar-refractivity contribution in [2.75, 3.05) is 23.3 Å². The van der Waals surface area contributed by atoms with Crippen molar-refractivity contribution in [2.45, 2.75) is 25.8 Å². The van der Waals surface area contributed by atoms with E-state index in [1.54, 1.807) is 24.0 Å². The Morgan fingerprint density at radius 3 is 2.65 bits per heavy atom. The number of nitrogens with zero attached hydrogens (tertiary/aromatic N) is 6. The van der Waals surface area contributed by atoms with Crippen molar-refractivity contribution in [1.29, 1.82) is 0 Å². The maximum atomic E-state index is 13.7. The van der Waals surface area contributed by atoms with Crippen LogP contribution in [-0.4, -0.2) is 44.1 Å². The van der Waals surface area contributed by atoms with E-state index in [0.29, 0.717) is 34.7 Å². The lowest BCUT2D eigenvalue weighted by atomic mass is 9.92. The Hall–Kier alpha value is -2.94. The lowest BCUT2D eigenvalue weighted by Gasteiger charge is -2.39. The molecule has 2 fully saturated rings. The van der Waals surface area contributed by atoms with Gasteiger partial charge in [0.15, 0.2) is 5.15 Å². The Bertz CT molecular complexity index is 1070. The number of piperidine rings is 1. The summed E-state index contributed by atoms with van der Waals surface area (Å²) < 4.78 is 21.0. The summed E-state index contributed by atoms with van der Waals surface area (Å²) in [5.74, 6) is 1.51. The molecule has 3 atom stereocenters. The second-order valence-corrected chi connectivity index (χ2v) is 8.70. The number of hydrogen-bond donors (Lipinski definition) is 1. The molecule has 8 nitrogen and oxygen atoms in total. The minimum atomic E-state index is -0.343. The number of rotatable bonds is 5. The summed E-state index contributed by atoms with van der Waals surface area (Å²) in [6.45, 7) is 3.64. The Balaban J connectivity index is 1.28. The summed E-state index contributed by atoms with van der Waals surface area (Å²) in [7, 11) is 1.76. The van der Waals surface area contributed by atoms with Crippen molar-refractivity contribution in [3.8, 4) is 11.8 Å². The number of nitrogens with one attached hydrogen (secondary N) is 1. The number of aromatic nitrogens is 5. The lowest BCUT2D eigenvalue weighted by Crippen LogP contribution is -2.48. The van der Waals surface area contributed by atoms with E-state index in [0.717, 1.165) is 37.2 Å². The molecule has 1 aliphatic heterocycles. The number of aryl methyl sites for hydroxylation is 2. The number of hydrogen-bond acceptors (Lipinski definition) is 7. The molecule has 0 radical (unpaired) electrons. The van der Waals surface area contributed by atoms with Crippen molar-refractivity contribution in [2.24, 2.45) is 18.9 Å². The van der Waals surface area contributed by atoms with Gasteiger partial charge >= 0.3 is 6.01 Å². The second-order valence-electron chi connectivity index (χ2n) is 8.32. The van der Waals surface area contributed by atoms with E-state index in [4.69, 9.17) is 16.3 Å². The van der Waals surface area contributed by atoms with Crippen LogP contribution in [0.4, 0.5) is 16.0 Å². The van der Waals surface area contributed by atoms with Crippen molar-refractivity contribution in [1.82, 2.24) is 25.0 Å². The molecule has 1 unspecified atom stereocenters. The molecule has 31 heavy (non-hydrogen) atoms. The third-order valence-electron chi connectivity index (χ3n) is 6.05. The van der Waals surface area contributed by atoms with Crippen LogP contribution < -0.4 is 15.0 Å². The summed E-state index contributed by atoms with van der Waals surface area (Å²) in [5, 5.41) is 16.2. The first-order valence-electron chi connectivity index (χ1n) is 10.3. The van der Waals surface area contributed by atoms with E-state index in [1.807, 2.05) is 13.0 Å². The van der Waals surface area contributed by atoms with Gasteiger partial charge in [-0.3, -0.25) is 0 Å². The van der Waals surface area contributed by atoms with E-state index in [2.05, 4.69) is 30.5 Å². The zero-order valence-electron chi connectivity index (χ0n) is 17.3. The van der Waals surface area contributed by atoms with Crippen molar-refractivity contribution in [3.63, 3.8) is 0 Å². The molecule has 1 N–H and O–H groups in total. The van der Waals surface area contributed by atoms with Crippen LogP contribution >= 0.6 is 11.6 Å². The molecule has 1 saturated carbocycles. The number of anilines is 2. The Labute approximate surface area is 184 Å². The highest BCUT2D eigenvalue weighted by Crippen LogP contribution is 2.40. The molecule has 1 saturated heterocycles. The number of benzene rings is 1. The van der Waals surface area contributed by atoms with Gasteiger partial charge in [0.2, 0.25) is 5.95 Å². The molecular formula is C21H23ClFN7O. The second kappa shape index (κ2) is 7.96. The number of fused-ring (bicyclic) bond motifs is 2. The van der Waals surface area contributed by atoms with Crippen LogP contribution in [0.25, 0.3) is 0 Å². The number of halogens is 2. The summed E-state index contributed by atoms with van der Waals surface area (Å²) in [5.41, 5.74) is 1.79. The minimum absolute atomic E-state index is 0.285. The zero-order valence-corrected chi connectivity index (χ0v) is 18.1. The summed E-state index contributed by atoms with van der Waals surface area (Å²) in [6, 6.07) is 7.02. The molecule has 3 aromatic rings. The summed E-state index contributed by atoms with van der Waals surface area (Å²) in [6.07, 6.45) is 4.05. The first kappa shape index (κ1) is 20.0. The highest BCUT2D eigenvalue weighted by Gasteiger charge is 2.42. The van der Waals surface area contributed by atoms with Gasteiger partial charge in [-0.25, -0.2) is 9.07 Å². The van der Waals surface area contributed by atoms with Crippen LogP contribution in [0, 0.1) is 24.6 Å². The maximum Gasteiger partial charge on any atom is 0.321 e.